The topological polar surface area (TPSA) is 53.7 Å². The molecule has 1 aromatic heterocycles. The Balaban J connectivity index is 2.14. The van der Waals surface area contributed by atoms with Crippen LogP contribution in [0, 0.1) is 6.92 Å². The molecule has 0 aliphatic heterocycles. The highest BCUT2D eigenvalue weighted by atomic mass is 79.9. The summed E-state index contributed by atoms with van der Waals surface area (Å²) in [4.78, 5) is 13.9. The van der Waals surface area contributed by atoms with Crippen LogP contribution < -0.4 is 0 Å². The van der Waals surface area contributed by atoms with E-state index >= 15 is 0 Å². The van der Waals surface area contributed by atoms with E-state index in [1.807, 2.05) is 31.2 Å². The van der Waals surface area contributed by atoms with Crippen LogP contribution in [0.1, 0.15) is 21.7 Å². The van der Waals surface area contributed by atoms with Crippen LogP contribution in [0.5, 0.6) is 0 Å². The molecule has 1 aromatic carbocycles. The van der Waals surface area contributed by atoms with Crippen molar-refractivity contribution >= 4 is 21.8 Å². The summed E-state index contributed by atoms with van der Waals surface area (Å²) in [5.41, 5.74) is 2.19. The average Bonchev–Trinajstić information content (AvgIpc) is 2.86. The number of amides is 1. The molecule has 2 rings (SSSR count). The van der Waals surface area contributed by atoms with Gasteiger partial charge in [-0.15, -0.1) is 0 Å². The number of halogens is 1. The number of furan rings is 1. The zero-order valence-corrected chi connectivity index (χ0v) is 12.8. The normalized spacial score (nSPS) is 10.6. The van der Waals surface area contributed by atoms with Gasteiger partial charge in [0.05, 0.1) is 11.1 Å². The van der Waals surface area contributed by atoms with Crippen molar-refractivity contribution in [2.45, 2.75) is 13.5 Å². The molecule has 4 nitrogen and oxygen atoms in total. The fourth-order valence-corrected chi connectivity index (χ4v) is 2.17. The number of aliphatic hydroxyl groups excluding tert-OH is 1. The Morgan fingerprint density at radius 1 is 1.35 bits per heavy atom. The highest BCUT2D eigenvalue weighted by molar-refractivity contribution is 9.10. The second-order valence-corrected chi connectivity index (χ2v) is 5.48. The molecule has 0 spiro atoms. The molecule has 5 heteroatoms. The first-order valence-corrected chi connectivity index (χ1v) is 7.09. The lowest BCUT2D eigenvalue weighted by atomic mass is 10.1. The lowest BCUT2D eigenvalue weighted by Crippen LogP contribution is -2.32. The van der Waals surface area contributed by atoms with Crippen molar-refractivity contribution in [1.29, 1.82) is 0 Å². The number of carbonyl (C=O) groups excluding carboxylic acids is 1. The van der Waals surface area contributed by atoms with Gasteiger partial charge in [-0.2, -0.15) is 0 Å². The van der Waals surface area contributed by atoms with E-state index in [1.54, 1.807) is 11.0 Å². The molecule has 0 saturated heterocycles. The van der Waals surface area contributed by atoms with Crippen molar-refractivity contribution < 1.29 is 14.3 Å². The first-order chi connectivity index (χ1) is 9.60. The zero-order chi connectivity index (χ0) is 14.5. The van der Waals surface area contributed by atoms with E-state index in [4.69, 9.17) is 9.52 Å². The van der Waals surface area contributed by atoms with Gasteiger partial charge in [-0.05, 0) is 28.4 Å². The van der Waals surface area contributed by atoms with Gasteiger partial charge >= 0.3 is 0 Å². The quantitative estimate of drug-likeness (QED) is 0.912. The summed E-state index contributed by atoms with van der Waals surface area (Å²) in [6.07, 6.45) is 1.47. The van der Waals surface area contributed by atoms with E-state index < -0.39 is 0 Å². The molecule has 0 atom stereocenters. The maximum absolute atomic E-state index is 12.3. The maximum Gasteiger partial charge on any atom is 0.289 e. The first-order valence-electron chi connectivity index (χ1n) is 6.30. The smallest absolute Gasteiger partial charge is 0.289 e. The summed E-state index contributed by atoms with van der Waals surface area (Å²) < 4.78 is 5.91. The van der Waals surface area contributed by atoms with Gasteiger partial charge in [0, 0.05) is 19.2 Å². The Morgan fingerprint density at radius 2 is 2.05 bits per heavy atom. The van der Waals surface area contributed by atoms with Crippen LogP contribution in [0.2, 0.25) is 0 Å². The molecule has 0 aliphatic rings. The second kappa shape index (κ2) is 6.72. The standard InChI is InChI=1S/C15H16BrNO3/c1-11-2-4-12(5-3-11)9-17(6-7-18)15(19)14-8-13(16)10-20-14/h2-5,8,10,18H,6-7,9H2,1H3. The van der Waals surface area contributed by atoms with Crippen LogP contribution in [0.4, 0.5) is 0 Å². The fourth-order valence-electron chi connectivity index (χ4n) is 1.87. The van der Waals surface area contributed by atoms with E-state index in [0.717, 1.165) is 10.0 Å². The Labute approximate surface area is 126 Å². The lowest BCUT2D eigenvalue weighted by Gasteiger charge is -2.20. The van der Waals surface area contributed by atoms with Crippen LogP contribution in [-0.4, -0.2) is 29.1 Å². The number of aliphatic hydroxyl groups is 1. The van der Waals surface area contributed by atoms with Gasteiger partial charge in [0.25, 0.3) is 5.91 Å². The molecule has 1 heterocycles. The predicted molar refractivity (Wildman–Crippen MR) is 79.4 cm³/mol. The molecular weight excluding hydrogens is 322 g/mol. The zero-order valence-electron chi connectivity index (χ0n) is 11.2. The van der Waals surface area contributed by atoms with E-state index in [-0.39, 0.29) is 24.8 Å². The van der Waals surface area contributed by atoms with Gasteiger partial charge in [0.2, 0.25) is 0 Å². The lowest BCUT2D eigenvalue weighted by molar-refractivity contribution is 0.0676. The maximum atomic E-state index is 12.3. The summed E-state index contributed by atoms with van der Waals surface area (Å²) in [6.45, 7) is 2.64. The highest BCUT2D eigenvalue weighted by Gasteiger charge is 2.19. The Kier molecular flexibility index (Phi) is 4.98. The predicted octanol–water partition coefficient (Wildman–Crippen LogP) is 2.99. The number of carbonyl (C=O) groups is 1. The number of hydrogen-bond acceptors (Lipinski definition) is 3. The molecule has 20 heavy (non-hydrogen) atoms. The van der Waals surface area contributed by atoms with Crippen molar-refractivity contribution in [3.05, 3.63) is 58.0 Å². The number of aryl methyl sites for hydroxylation is 1. The van der Waals surface area contributed by atoms with Crippen molar-refractivity contribution in [1.82, 2.24) is 4.90 Å². The molecule has 1 amide bonds. The molecule has 0 unspecified atom stereocenters. The summed E-state index contributed by atoms with van der Waals surface area (Å²) in [6, 6.07) is 9.58. The molecular formula is C15H16BrNO3. The fraction of sp³-hybridized carbons (Fsp3) is 0.267. The van der Waals surface area contributed by atoms with Crippen molar-refractivity contribution in [3.8, 4) is 0 Å². The SMILES string of the molecule is Cc1ccc(CN(CCO)C(=O)c2cc(Br)co2)cc1. The third kappa shape index (κ3) is 3.71. The van der Waals surface area contributed by atoms with Gasteiger partial charge in [0.15, 0.2) is 5.76 Å². The number of rotatable bonds is 5. The van der Waals surface area contributed by atoms with Crippen LogP contribution in [0.15, 0.2) is 45.5 Å². The summed E-state index contributed by atoms with van der Waals surface area (Å²) >= 11 is 3.25. The van der Waals surface area contributed by atoms with Crippen LogP contribution >= 0.6 is 15.9 Å². The molecule has 2 aromatic rings. The monoisotopic (exact) mass is 337 g/mol. The van der Waals surface area contributed by atoms with Crippen molar-refractivity contribution in [2.24, 2.45) is 0 Å². The molecule has 1 N–H and O–H groups in total. The van der Waals surface area contributed by atoms with Crippen LogP contribution in [0.3, 0.4) is 0 Å². The van der Waals surface area contributed by atoms with Crippen LogP contribution in [0.25, 0.3) is 0 Å². The highest BCUT2D eigenvalue weighted by Crippen LogP contribution is 2.17. The van der Waals surface area contributed by atoms with E-state index in [1.165, 1.54) is 11.8 Å². The summed E-state index contributed by atoms with van der Waals surface area (Å²) in [5.74, 6) is 0.0303. The van der Waals surface area contributed by atoms with Crippen LogP contribution in [-0.2, 0) is 6.54 Å². The molecule has 0 radical (unpaired) electrons. The number of hydrogen-bond donors (Lipinski definition) is 1. The molecule has 0 bridgehead atoms. The van der Waals surface area contributed by atoms with Gasteiger partial charge in [-0.1, -0.05) is 29.8 Å². The average molecular weight is 338 g/mol. The molecule has 0 aliphatic carbocycles. The summed E-state index contributed by atoms with van der Waals surface area (Å²) in [7, 11) is 0. The minimum atomic E-state index is -0.231. The van der Waals surface area contributed by atoms with Crippen molar-refractivity contribution in [3.63, 3.8) is 0 Å². The van der Waals surface area contributed by atoms with E-state index in [0.29, 0.717) is 6.54 Å². The Bertz CT molecular complexity index is 577. The van der Waals surface area contributed by atoms with Gasteiger partial charge in [-0.25, -0.2) is 0 Å². The molecule has 0 fully saturated rings. The summed E-state index contributed by atoms with van der Waals surface area (Å²) in [5, 5.41) is 9.13. The minimum absolute atomic E-state index is 0.0838. The first kappa shape index (κ1) is 14.8. The largest absolute Gasteiger partial charge is 0.458 e. The molecule has 106 valence electrons. The Morgan fingerprint density at radius 3 is 2.60 bits per heavy atom. The minimum Gasteiger partial charge on any atom is -0.458 e. The van der Waals surface area contributed by atoms with E-state index in [2.05, 4.69) is 15.9 Å². The van der Waals surface area contributed by atoms with Gasteiger partial charge in [-0.3, -0.25) is 4.79 Å². The third-order valence-corrected chi connectivity index (χ3v) is 3.35. The second-order valence-electron chi connectivity index (χ2n) is 4.57. The van der Waals surface area contributed by atoms with E-state index in [9.17, 15) is 4.79 Å². The van der Waals surface area contributed by atoms with Gasteiger partial charge in [0.1, 0.15) is 6.26 Å². The van der Waals surface area contributed by atoms with Crippen molar-refractivity contribution in [2.75, 3.05) is 13.2 Å². The number of nitrogens with zero attached hydrogens (tertiary/aromatic N) is 1. The Hall–Kier alpha value is -1.59. The number of benzene rings is 1. The van der Waals surface area contributed by atoms with Gasteiger partial charge < -0.3 is 14.4 Å². The third-order valence-electron chi connectivity index (χ3n) is 2.93. The molecule has 0 saturated carbocycles.